The number of ketones is 2. The molecule has 27 heavy (non-hydrogen) atoms. The standard InChI is InChI=1S/C22H25FN2O2/c1-25-9-7-14(8-10-25)11-20(26)19-12-16(13-24-19)22(27)21-17(15-5-6-15)3-2-4-18(21)23/h2-4,12-15,24H,5-11H2,1H3. The van der Waals surface area contributed by atoms with Gasteiger partial charge < -0.3 is 9.88 Å². The summed E-state index contributed by atoms with van der Waals surface area (Å²) >= 11 is 0. The Labute approximate surface area is 158 Å². The molecule has 1 aromatic heterocycles. The Balaban J connectivity index is 1.49. The first kappa shape index (κ1) is 18.1. The van der Waals surface area contributed by atoms with Gasteiger partial charge in [0.25, 0.3) is 0 Å². The molecule has 4 nitrogen and oxygen atoms in total. The van der Waals surface area contributed by atoms with Crippen LogP contribution in [0.4, 0.5) is 4.39 Å². The van der Waals surface area contributed by atoms with E-state index >= 15 is 0 Å². The van der Waals surface area contributed by atoms with E-state index in [0.29, 0.717) is 23.6 Å². The van der Waals surface area contributed by atoms with Gasteiger partial charge in [-0.15, -0.1) is 0 Å². The first-order valence-corrected chi connectivity index (χ1v) is 9.76. The maximum absolute atomic E-state index is 14.4. The van der Waals surface area contributed by atoms with E-state index in [2.05, 4.69) is 16.9 Å². The van der Waals surface area contributed by atoms with Gasteiger partial charge >= 0.3 is 0 Å². The number of piperidine rings is 1. The lowest BCUT2D eigenvalue weighted by Gasteiger charge is -2.28. The zero-order valence-electron chi connectivity index (χ0n) is 15.6. The van der Waals surface area contributed by atoms with Gasteiger partial charge in [0, 0.05) is 18.2 Å². The summed E-state index contributed by atoms with van der Waals surface area (Å²) in [5.41, 5.74) is 1.75. The van der Waals surface area contributed by atoms with Crippen LogP contribution in [-0.2, 0) is 0 Å². The molecular formula is C22H25FN2O2. The fraction of sp³-hybridized carbons (Fsp3) is 0.455. The van der Waals surface area contributed by atoms with Crippen LogP contribution in [0.5, 0.6) is 0 Å². The number of aromatic amines is 1. The number of aromatic nitrogens is 1. The summed E-state index contributed by atoms with van der Waals surface area (Å²) in [6, 6.07) is 6.42. The molecule has 1 aromatic carbocycles. The van der Waals surface area contributed by atoms with Crippen LogP contribution in [0.1, 0.15) is 70.0 Å². The van der Waals surface area contributed by atoms with Gasteiger partial charge in [-0.1, -0.05) is 12.1 Å². The van der Waals surface area contributed by atoms with Gasteiger partial charge in [0.05, 0.1) is 11.3 Å². The summed E-state index contributed by atoms with van der Waals surface area (Å²) in [6.07, 6.45) is 6.07. The summed E-state index contributed by atoms with van der Waals surface area (Å²) in [7, 11) is 2.10. The summed E-state index contributed by atoms with van der Waals surface area (Å²) in [6.45, 7) is 2.03. The van der Waals surface area contributed by atoms with Crippen LogP contribution in [0.25, 0.3) is 0 Å². The molecule has 4 rings (SSSR count). The van der Waals surface area contributed by atoms with Crippen LogP contribution in [0, 0.1) is 11.7 Å². The fourth-order valence-corrected chi connectivity index (χ4v) is 3.98. The van der Waals surface area contributed by atoms with Crippen molar-refractivity contribution in [3.05, 3.63) is 58.7 Å². The molecule has 2 aliphatic rings. The van der Waals surface area contributed by atoms with Gasteiger partial charge in [-0.25, -0.2) is 4.39 Å². The first-order chi connectivity index (χ1) is 13.0. The predicted octanol–water partition coefficient (Wildman–Crippen LogP) is 4.18. The number of nitrogens with one attached hydrogen (secondary N) is 1. The quantitative estimate of drug-likeness (QED) is 0.779. The van der Waals surface area contributed by atoms with Crippen LogP contribution >= 0.6 is 0 Å². The second-order valence-corrected chi connectivity index (χ2v) is 7.98. The van der Waals surface area contributed by atoms with Gasteiger partial charge in [-0.2, -0.15) is 0 Å². The third kappa shape index (κ3) is 3.88. The number of halogens is 1. The first-order valence-electron chi connectivity index (χ1n) is 9.76. The van der Waals surface area contributed by atoms with Crippen molar-refractivity contribution in [2.45, 2.75) is 38.0 Å². The Bertz CT molecular complexity index is 861. The summed E-state index contributed by atoms with van der Waals surface area (Å²) in [5.74, 6) is -0.123. The largest absolute Gasteiger partial charge is 0.358 e. The number of nitrogens with zero attached hydrogens (tertiary/aromatic N) is 1. The lowest BCUT2D eigenvalue weighted by atomic mass is 9.91. The average molecular weight is 368 g/mol. The number of H-pyrrole nitrogens is 1. The summed E-state index contributed by atoms with van der Waals surface area (Å²) in [4.78, 5) is 30.7. The van der Waals surface area contributed by atoms with E-state index in [1.807, 2.05) is 6.07 Å². The summed E-state index contributed by atoms with van der Waals surface area (Å²) in [5, 5.41) is 0. The zero-order valence-corrected chi connectivity index (χ0v) is 15.6. The van der Waals surface area contributed by atoms with Crippen molar-refractivity contribution < 1.29 is 14.0 Å². The molecule has 1 saturated heterocycles. The van der Waals surface area contributed by atoms with Gasteiger partial charge in [0.2, 0.25) is 0 Å². The van der Waals surface area contributed by atoms with Crippen molar-refractivity contribution in [3.63, 3.8) is 0 Å². The highest BCUT2D eigenvalue weighted by molar-refractivity contribution is 6.11. The number of carbonyl (C=O) groups is 2. The number of likely N-dealkylation sites (tertiary alicyclic amines) is 1. The molecule has 1 aliphatic carbocycles. The molecule has 0 amide bonds. The third-order valence-corrected chi connectivity index (χ3v) is 5.85. The van der Waals surface area contributed by atoms with E-state index in [9.17, 15) is 14.0 Å². The molecule has 0 atom stereocenters. The van der Waals surface area contributed by atoms with Crippen LogP contribution in [0.15, 0.2) is 30.5 Å². The Morgan fingerprint density at radius 2 is 1.93 bits per heavy atom. The van der Waals surface area contributed by atoms with E-state index in [1.165, 1.54) is 12.3 Å². The Morgan fingerprint density at radius 3 is 2.63 bits per heavy atom. The molecule has 0 radical (unpaired) electrons. The number of Topliss-reactive ketones (excluding diaryl/α,β-unsaturated/α-hetero) is 1. The molecule has 2 aromatic rings. The minimum absolute atomic E-state index is 0.0274. The fourth-order valence-electron chi connectivity index (χ4n) is 3.98. The molecule has 1 N–H and O–H groups in total. The van der Waals surface area contributed by atoms with Crippen LogP contribution in [-0.4, -0.2) is 41.6 Å². The molecule has 5 heteroatoms. The minimum atomic E-state index is -0.482. The minimum Gasteiger partial charge on any atom is -0.358 e. The van der Waals surface area contributed by atoms with Crippen LogP contribution in [0.2, 0.25) is 0 Å². The highest BCUT2D eigenvalue weighted by atomic mass is 19.1. The normalized spacial score (nSPS) is 18.6. The molecule has 0 spiro atoms. The lowest BCUT2D eigenvalue weighted by molar-refractivity contribution is 0.0931. The predicted molar refractivity (Wildman–Crippen MR) is 102 cm³/mol. The van der Waals surface area contributed by atoms with Crippen LogP contribution in [0.3, 0.4) is 0 Å². The topological polar surface area (TPSA) is 53.2 Å². The number of carbonyl (C=O) groups excluding carboxylic acids is 2. The highest BCUT2D eigenvalue weighted by Crippen LogP contribution is 2.42. The van der Waals surface area contributed by atoms with E-state index in [1.54, 1.807) is 12.1 Å². The number of hydrogen-bond donors (Lipinski definition) is 1. The molecular weight excluding hydrogens is 343 g/mol. The smallest absolute Gasteiger partial charge is 0.197 e. The number of rotatable bonds is 6. The van der Waals surface area contributed by atoms with Crippen molar-refractivity contribution in [3.8, 4) is 0 Å². The maximum atomic E-state index is 14.4. The van der Waals surface area contributed by atoms with Crippen molar-refractivity contribution in [1.82, 2.24) is 9.88 Å². The van der Waals surface area contributed by atoms with Gasteiger partial charge in [0.15, 0.2) is 11.6 Å². The van der Waals surface area contributed by atoms with Gasteiger partial charge in [-0.3, -0.25) is 9.59 Å². The molecule has 2 heterocycles. The third-order valence-electron chi connectivity index (χ3n) is 5.85. The van der Waals surface area contributed by atoms with Gasteiger partial charge in [0.1, 0.15) is 5.82 Å². The average Bonchev–Trinajstić information content (AvgIpc) is 3.38. The van der Waals surface area contributed by atoms with E-state index < -0.39 is 5.82 Å². The maximum Gasteiger partial charge on any atom is 0.197 e. The molecule has 0 bridgehead atoms. The monoisotopic (exact) mass is 368 g/mol. The second kappa shape index (κ2) is 7.39. The molecule has 1 aliphatic heterocycles. The highest BCUT2D eigenvalue weighted by Gasteiger charge is 2.30. The van der Waals surface area contributed by atoms with Gasteiger partial charge in [-0.05, 0) is 75.4 Å². The molecule has 142 valence electrons. The van der Waals surface area contributed by atoms with E-state index in [4.69, 9.17) is 0 Å². The SMILES string of the molecule is CN1CCC(CC(=O)c2cc(C(=O)c3c(F)cccc3C3CC3)c[nH]2)CC1. The Hall–Kier alpha value is -2.27. The Morgan fingerprint density at radius 1 is 1.19 bits per heavy atom. The Kier molecular flexibility index (Phi) is 4.96. The number of hydrogen-bond acceptors (Lipinski definition) is 3. The second-order valence-electron chi connectivity index (χ2n) is 7.98. The molecule has 0 unspecified atom stereocenters. The van der Waals surface area contributed by atoms with Crippen molar-refractivity contribution >= 4 is 11.6 Å². The van der Waals surface area contributed by atoms with E-state index in [-0.39, 0.29) is 23.0 Å². The summed E-state index contributed by atoms with van der Waals surface area (Å²) < 4.78 is 14.4. The zero-order chi connectivity index (χ0) is 19.0. The number of benzene rings is 1. The molecule has 2 fully saturated rings. The van der Waals surface area contributed by atoms with E-state index in [0.717, 1.165) is 44.3 Å². The van der Waals surface area contributed by atoms with Crippen molar-refractivity contribution in [1.29, 1.82) is 0 Å². The van der Waals surface area contributed by atoms with Crippen LogP contribution < -0.4 is 0 Å². The molecule has 1 saturated carbocycles. The van der Waals surface area contributed by atoms with Crippen molar-refractivity contribution in [2.75, 3.05) is 20.1 Å². The van der Waals surface area contributed by atoms with Crippen molar-refractivity contribution in [2.24, 2.45) is 5.92 Å². The lowest BCUT2D eigenvalue weighted by Crippen LogP contribution is -2.31.